The number of hydrogen-bond donors (Lipinski definition) is 0. The van der Waals surface area contributed by atoms with E-state index in [1.165, 1.54) is 73.4 Å². The molecule has 0 aromatic heterocycles. The van der Waals surface area contributed by atoms with Gasteiger partial charge in [-0.15, -0.1) is 0 Å². The zero-order chi connectivity index (χ0) is 26.7. The number of unbranched alkanes of at least 4 members (excludes halogenated alkanes) is 5. The minimum atomic E-state index is -0.349. The molecule has 0 saturated heterocycles. The minimum absolute atomic E-state index is 0.349. The summed E-state index contributed by atoms with van der Waals surface area (Å²) in [6.45, 7) is 2.31. The van der Waals surface area contributed by atoms with Crippen LogP contribution in [0.5, 0.6) is 0 Å². The molecular weight excluding hydrogens is 487 g/mol. The molecule has 1 heteroatoms. The van der Waals surface area contributed by atoms with Gasteiger partial charge in [-0.1, -0.05) is 168 Å². The van der Waals surface area contributed by atoms with Gasteiger partial charge >= 0.3 is 0 Å². The third kappa shape index (κ3) is 7.17. The summed E-state index contributed by atoms with van der Waals surface area (Å²) in [5.41, 5.74) is 8.10. The molecule has 5 rings (SSSR count). The van der Waals surface area contributed by atoms with Gasteiger partial charge in [0.25, 0.3) is 0 Å². The summed E-state index contributed by atoms with van der Waals surface area (Å²) in [6.07, 6.45) is 11.7. The van der Waals surface area contributed by atoms with Gasteiger partial charge in [0.15, 0.2) is 0 Å². The van der Waals surface area contributed by atoms with Crippen LogP contribution >= 0.6 is 7.92 Å². The zero-order valence-corrected chi connectivity index (χ0v) is 24.4. The van der Waals surface area contributed by atoms with Gasteiger partial charge in [-0.2, -0.15) is 0 Å². The van der Waals surface area contributed by atoms with Crippen molar-refractivity contribution >= 4 is 13.2 Å². The summed E-state index contributed by atoms with van der Waals surface area (Å²) in [5.74, 6) is 0.426. The summed E-state index contributed by atoms with van der Waals surface area (Å²) < 4.78 is 0. The Bertz CT molecular complexity index is 1280. The summed E-state index contributed by atoms with van der Waals surface area (Å²) in [4.78, 5) is 0. The molecule has 0 radical (unpaired) electrons. The molecule has 0 spiro atoms. The van der Waals surface area contributed by atoms with E-state index in [4.69, 9.17) is 0 Å². The monoisotopic (exact) mass is 530 g/mol. The van der Waals surface area contributed by atoms with Crippen LogP contribution in [0.2, 0.25) is 0 Å². The second-order valence-electron chi connectivity index (χ2n) is 11.0. The van der Waals surface area contributed by atoms with Crippen molar-refractivity contribution in [2.75, 3.05) is 6.16 Å². The van der Waals surface area contributed by atoms with Crippen LogP contribution in [-0.2, 0) is 6.42 Å². The molecule has 200 valence electrons. The SMILES string of the molecule is CCCCCCCCP1C(c2ccccc2)=C(Cc2ccccc2)C(c2ccccc2)CC1c1ccccc1. The molecule has 0 fully saturated rings. The second kappa shape index (κ2) is 14.4. The van der Waals surface area contributed by atoms with Crippen LogP contribution in [-0.4, -0.2) is 6.16 Å². The molecule has 0 saturated carbocycles. The first-order valence-electron chi connectivity index (χ1n) is 15.0. The molecular formula is C38H43P. The molecule has 1 aliphatic rings. The van der Waals surface area contributed by atoms with Crippen molar-refractivity contribution in [2.24, 2.45) is 0 Å². The van der Waals surface area contributed by atoms with E-state index >= 15 is 0 Å². The summed E-state index contributed by atoms with van der Waals surface area (Å²) >= 11 is 0. The van der Waals surface area contributed by atoms with Crippen LogP contribution in [0.15, 0.2) is 127 Å². The Hall–Kier alpha value is -2.95. The molecule has 0 amide bonds. The highest BCUT2D eigenvalue weighted by atomic mass is 31.1. The number of allylic oxidation sites excluding steroid dienone is 1. The van der Waals surface area contributed by atoms with E-state index < -0.39 is 0 Å². The van der Waals surface area contributed by atoms with E-state index in [1.54, 1.807) is 10.9 Å². The fourth-order valence-corrected chi connectivity index (χ4v) is 9.81. The maximum absolute atomic E-state index is 2.40. The molecule has 0 aliphatic carbocycles. The van der Waals surface area contributed by atoms with Gasteiger partial charge < -0.3 is 0 Å². The van der Waals surface area contributed by atoms with Crippen molar-refractivity contribution in [1.82, 2.24) is 0 Å². The summed E-state index contributed by atoms with van der Waals surface area (Å²) in [5, 5.41) is 1.68. The Morgan fingerprint density at radius 1 is 0.590 bits per heavy atom. The molecule has 3 unspecified atom stereocenters. The highest BCUT2D eigenvalue weighted by Crippen LogP contribution is 2.69. The normalized spacial score (nSPS) is 19.3. The zero-order valence-electron chi connectivity index (χ0n) is 23.5. The maximum Gasteiger partial charge on any atom is 0.00910 e. The van der Waals surface area contributed by atoms with Crippen molar-refractivity contribution in [1.29, 1.82) is 0 Å². The highest BCUT2D eigenvalue weighted by Gasteiger charge is 2.38. The average Bonchev–Trinajstić information content (AvgIpc) is 3.01. The molecule has 0 nitrogen and oxygen atoms in total. The van der Waals surface area contributed by atoms with Gasteiger partial charge in [-0.05, 0) is 58.6 Å². The van der Waals surface area contributed by atoms with Gasteiger partial charge in [0, 0.05) is 11.6 Å². The molecule has 3 atom stereocenters. The lowest BCUT2D eigenvalue weighted by Crippen LogP contribution is -2.18. The third-order valence-electron chi connectivity index (χ3n) is 8.27. The van der Waals surface area contributed by atoms with Crippen molar-refractivity contribution in [2.45, 2.75) is 69.9 Å². The van der Waals surface area contributed by atoms with Crippen molar-refractivity contribution < 1.29 is 0 Å². The first kappa shape index (κ1) is 27.6. The summed E-state index contributed by atoms with van der Waals surface area (Å²) in [6, 6.07) is 45.4. The minimum Gasteiger partial charge on any atom is -0.0670 e. The Morgan fingerprint density at radius 2 is 1.13 bits per heavy atom. The van der Waals surface area contributed by atoms with E-state index in [-0.39, 0.29) is 7.92 Å². The fourth-order valence-electron chi connectivity index (χ4n) is 6.31. The van der Waals surface area contributed by atoms with Crippen LogP contribution < -0.4 is 0 Å². The first-order chi connectivity index (χ1) is 19.3. The number of hydrogen-bond acceptors (Lipinski definition) is 0. The molecule has 4 aromatic carbocycles. The first-order valence-corrected chi connectivity index (χ1v) is 16.6. The largest absolute Gasteiger partial charge is 0.0670 e. The summed E-state index contributed by atoms with van der Waals surface area (Å²) in [7, 11) is -0.349. The van der Waals surface area contributed by atoms with E-state index in [2.05, 4.69) is 128 Å². The van der Waals surface area contributed by atoms with Crippen LogP contribution in [0, 0.1) is 0 Å². The van der Waals surface area contributed by atoms with Gasteiger partial charge in [-0.3, -0.25) is 0 Å². The lowest BCUT2D eigenvalue weighted by atomic mass is 9.81. The lowest BCUT2D eigenvalue weighted by Gasteiger charge is -2.42. The Labute approximate surface area is 238 Å². The van der Waals surface area contributed by atoms with E-state index in [0.717, 1.165) is 6.42 Å². The van der Waals surface area contributed by atoms with E-state index in [9.17, 15) is 0 Å². The molecule has 0 bridgehead atoms. The standard InChI is InChI=1S/C38H43P/c1-2-3-4-5-6-19-28-39-37(33-24-15-9-16-25-33)30-35(32-22-13-8-14-23-32)36(29-31-20-11-7-12-21-31)38(39)34-26-17-10-18-27-34/h7-18,20-27,35,37H,2-6,19,28-30H2,1H3. The van der Waals surface area contributed by atoms with Crippen molar-refractivity contribution in [3.05, 3.63) is 149 Å². The van der Waals surface area contributed by atoms with Crippen LogP contribution in [0.25, 0.3) is 5.31 Å². The predicted octanol–water partition coefficient (Wildman–Crippen LogP) is 11.4. The molecule has 0 N–H and O–H groups in total. The Morgan fingerprint density at radius 3 is 1.77 bits per heavy atom. The van der Waals surface area contributed by atoms with Gasteiger partial charge in [0.2, 0.25) is 0 Å². The number of benzene rings is 4. The van der Waals surface area contributed by atoms with Gasteiger partial charge in [-0.25, -0.2) is 0 Å². The third-order valence-corrected chi connectivity index (χ3v) is 11.4. The van der Waals surface area contributed by atoms with E-state index in [0.29, 0.717) is 11.6 Å². The average molecular weight is 531 g/mol. The van der Waals surface area contributed by atoms with Gasteiger partial charge in [0.05, 0.1) is 0 Å². The second-order valence-corrected chi connectivity index (χ2v) is 13.4. The van der Waals surface area contributed by atoms with E-state index in [1.807, 2.05) is 0 Å². The van der Waals surface area contributed by atoms with Crippen molar-refractivity contribution in [3.8, 4) is 0 Å². The maximum atomic E-state index is 2.40. The van der Waals surface area contributed by atoms with Gasteiger partial charge in [0.1, 0.15) is 0 Å². The Kier molecular flexibility index (Phi) is 10.2. The predicted molar refractivity (Wildman–Crippen MR) is 172 cm³/mol. The molecule has 4 aromatic rings. The van der Waals surface area contributed by atoms with Crippen LogP contribution in [0.3, 0.4) is 0 Å². The number of rotatable bonds is 12. The Balaban J connectivity index is 1.63. The smallest absolute Gasteiger partial charge is 0.00910 e. The van der Waals surface area contributed by atoms with Crippen LogP contribution in [0.1, 0.15) is 85.7 Å². The molecule has 1 aliphatic heterocycles. The quantitative estimate of drug-likeness (QED) is 0.126. The highest BCUT2D eigenvalue weighted by molar-refractivity contribution is 7.68. The fraction of sp³-hybridized carbons (Fsp3) is 0.316. The molecule has 39 heavy (non-hydrogen) atoms. The molecule has 1 heterocycles. The van der Waals surface area contributed by atoms with Crippen molar-refractivity contribution in [3.63, 3.8) is 0 Å². The topological polar surface area (TPSA) is 0 Å². The van der Waals surface area contributed by atoms with Crippen LogP contribution in [0.4, 0.5) is 0 Å². The lowest BCUT2D eigenvalue weighted by molar-refractivity contribution is 0.623.